The van der Waals surface area contributed by atoms with Crippen molar-refractivity contribution in [2.75, 3.05) is 29.0 Å². The Balaban J connectivity index is 0.00000144. The number of rotatable bonds is 3. The number of carbonyl (C=O) groups is 1. The predicted molar refractivity (Wildman–Crippen MR) is 104 cm³/mol. The highest BCUT2D eigenvalue weighted by molar-refractivity contribution is 6.04. The predicted octanol–water partition coefficient (Wildman–Crippen LogP) is 3.75. The van der Waals surface area contributed by atoms with Crippen LogP contribution in [0.1, 0.15) is 29.6 Å². The number of carbonyl (C=O) groups excluding carboxylic acids is 1. The van der Waals surface area contributed by atoms with Gasteiger partial charge in [-0.15, -0.1) is 24.8 Å². The lowest BCUT2D eigenvalue weighted by Crippen LogP contribution is -2.29. The van der Waals surface area contributed by atoms with E-state index in [1.807, 2.05) is 18.3 Å². The molecule has 0 bridgehead atoms. The maximum absolute atomic E-state index is 12.1. The molecule has 1 aliphatic rings. The molecule has 0 atom stereocenters. The summed E-state index contributed by atoms with van der Waals surface area (Å²) < 4.78 is 0. The highest BCUT2D eigenvalue weighted by atomic mass is 35.5. The fourth-order valence-corrected chi connectivity index (χ4v) is 2.67. The van der Waals surface area contributed by atoms with Gasteiger partial charge in [0.2, 0.25) is 0 Å². The van der Waals surface area contributed by atoms with Gasteiger partial charge in [0.25, 0.3) is 5.91 Å². The number of pyridine rings is 1. The minimum absolute atomic E-state index is 0. The first-order chi connectivity index (χ1) is 10.7. The molecule has 1 aromatic heterocycles. The number of halogens is 2. The van der Waals surface area contributed by atoms with E-state index in [4.69, 9.17) is 5.73 Å². The van der Waals surface area contributed by atoms with E-state index >= 15 is 0 Å². The first-order valence-electron chi connectivity index (χ1n) is 7.60. The third-order valence-electron chi connectivity index (χ3n) is 3.86. The van der Waals surface area contributed by atoms with E-state index in [0.717, 1.165) is 18.8 Å². The molecular formula is C17H22Cl2N4O. The highest BCUT2D eigenvalue weighted by Crippen LogP contribution is 2.20. The van der Waals surface area contributed by atoms with E-state index in [1.54, 1.807) is 24.3 Å². The smallest absolute Gasteiger partial charge is 0.256 e. The van der Waals surface area contributed by atoms with Crippen LogP contribution in [-0.4, -0.2) is 24.0 Å². The molecule has 2 heterocycles. The van der Waals surface area contributed by atoms with Crippen molar-refractivity contribution in [2.24, 2.45) is 0 Å². The molecule has 0 saturated carbocycles. The Morgan fingerprint density at radius 3 is 2.46 bits per heavy atom. The van der Waals surface area contributed by atoms with Gasteiger partial charge in [-0.2, -0.15) is 0 Å². The van der Waals surface area contributed by atoms with Gasteiger partial charge in [-0.25, -0.2) is 4.98 Å². The van der Waals surface area contributed by atoms with E-state index in [2.05, 4.69) is 15.2 Å². The van der Waals surface area contributed by atoms with Crippen LogP contribution in [0.3, 0.4) is 0 Å². The Bertz CT molecular complexity index is 658. The number of benzene rings is 1. The van der Waals surface area contributed by atoms with Crippen LogP contribution < -0.4 is 16.0 Å². The van der Waals surface area contributed by atoms with Crippen molar-refractivity contribution in [1.82, 2.24) is 4.98 Å². The van der Waals surface area contributed by atoms with Crippen molar-refractivity contribution in [1.29, 1.82) is 0 Å². The third kappa shape index (κ3) is 5.01. The Hall–Kier alpha value is -1.98. The molecule has 1 fully saturated rings. The fraction of sp³-hybridized carbons (Fsp3) is 0.294. The molecule has 5 nitrogen and oxygen atoms in total. The first-order valence-corrected chi connectivity index (χ1v) is 7.60. The number of hydrogen-bond acceptors (Lipinski definition) is 4. The van der Waals surface area contributed by atoms with E-state index in [-0.39, 0.29) is 30.7 Å². The van der Waals surface area contributed by atoms with Gasteiger partial charge >= 0.3 is 0 Å². The lowest BCUT2D eigenvalue weighted by Gasteiger charge is -2.28. The number of nitrogens with zero attached hydrogens (tertiary/aromatic N) is 2. The van der Waals surface area contributed by atoms with Crippen molar-refractivity contribution >= 4 is 47.9 Å². The SMILES string of the molecule is Cl.Cl.Nc1cccc(C(=O)Nc2ccc(N3CCCCC3)cn2)c1. The molecule has 2 aromatic rings. The van der Waals surface area contributed by atoms with E-state index in [1.165, 1.54) is 19.3 Å². The molecule has 0 aliphatic carbocycles. The molecule has 130 valence electrons. The standard InChI is InChI=1S/C17H20N4O.2ClH/c18-14-6-4-5-13(11-14)17(22)20-16-8-7-15(12-19-16)21-9-2-1-3-10-21;;/h4-8,11-12H,1-3,9-10,18H2,(H,19,20,22);2*1H. The van der Waals surface area contributed by atoms with Crippen LogP contribution in [0.4, 0.5) is 17.2 Å². The number of hydrogen-bond donors (Lipinski definition) is 2. The fourth-order valence-electron chi connectivity index (χ4n) is 2.67. The third-order valence-corrected chi connectivity index (χ3v) is 3.86. The molecule has 1 aliphatic heterocycles. The Morgan fingerprint density at radius 1 is 1.08 bits per heavy atom. The quantitative estimate of drug-likeness (QED) is 0.809. The molecule has 1 aromatic carbocycles. The minimum atomic E-state index is -0.203. The number of aromatic nitrogens is 1. The molecular weight excluding hydrogens is 347 g/mol. The second-order valence-electron chi connectivity index (χ2n) is 5.53. The number of nitrogen functional groups attached to an aromatic ring is 1. The molecule has 3 N–H and O–H groups in total. The van der Waals surface area contributed by atoms with Crippen molar-refractivity contribution in [3.05, 3.63) is 48.2 Å². The van der Waals surface area contributed by atoms with Crippen LogP contribution in [-0.2, 0) is 0 Å². The van der Waals surface area contributed by atoms with Crippen molar-refractivity contribution in [3.63, 3.8) is 0 Å². The largest absolute Gasteiger partial charge is 0.399 e. The monoisotopic (exact) mass is 368 g/mol. The van der Waals surface area contributed by atoms with Gasteiger partial charge < -0.3 is 16.0 Å². The summed E-state index contributed by atoms with van der Waals surface area (Å²) in [4.78, 5) is 18.8. The zero-order valence-electron chi connectivity index (χ0n) is 13.3. The van der Waals surface area contributed by atoms with Gasteiger partial charge in [0.1, 0.15) is 5.82 Å². The Kier molecular flexibility index (Phi) is 7.82. The molecule has 0 spiro atoms. The van der Waals surface area contributed by atoms with Crippen molar-refractivity contribution < 1.29 is 4.79 Å². The van der Waals surface area contributed by atoms with Crippen molar-refractivity contribution in [3.8, 4) is 0 Å². The molecule has 0 unspecified atom stereocenters. The zero-order chi connectivity index (χ0) is 15.4. The lowest BCUT2D eigenvalue weighted by atomic mass is 10.1. The van der Waals surface area contributed by atoms with Crippen LogP contribution in [0, 0.1) is 0 Å². The summed E-state index contributed by atoms with van der Waals surface area (Å²) in [6, 6.07) is 10.7. The zero-order valence-corrected chi connectivity index (χ0v) is 14.9. The summed E-state index contributed by atoms with van der Waals surface area (Å²) in [5.74, 6) is 0.346. The number of nitrogens with one attached hydrogen (secondary N) is 1. The highest BCUT2D eigenvalue weighted by Gasteiger charge is 2.12. The minimum Gasteiger partial charge on any atom is -0.399 e. The van der Waals surface area contributed by atoms with E-state index in [0.29, 0.717) is 17.1 Å². The summed E-state index contributed by atoms with van der Waals surface area (Å²) in [6.45, 7) is 2.16. The van der Waals surface area contributed by atoms with Crippen LogP contribution >= 0.6 is 24.8 Å². The summed E-state index contributed by atoms with van der Waals surface area (Å²) in [5.41, 5.74) is 7.90. The number of anilines is 3. The summed E-state index contributed by atoms with van der Waals surface area (Å²) in [6.07, 6.45) is 5.58. The van der Waals surface area contributed by atoms with Crippen molar-refractivity contribution in [2.45, 2.75) is 19.3 Å². The Morgan fingerprint density at radius 2 is 1.83 bits per heavy atom. The molecule has 3 rings (SSSR count). The summed E-state index contributed by atoms with van der Waals surface area (Å²) in [7, 11) is 0. The number of amides is 1. The topological polar surface area (TPSA) is 71.2 Å². The van der Waals surface area contributed by atoms with Gasteiger partial charge in [0, 0.05) is 24.3 Å². The van der Waals surface area contributed by atoms with Crippen LogP contribution in [0.25, 0.3) is 0 Å². The van der Waals surface area contributed by atoms with Gasteiger partial charge in [-0.1, -0.05) is 6.07 Å². The molecule has 24 heavy (non-hydrogen) atoms. The number of piperidine rings is 1. The first kappa shape index (κ1) is 20.1. The normalized spacial score (nSPS) is 13.4. The summed E-state index contributed by atoms with van der Waals surface area (Å²) >= 11 is 0. The molecule has 1 amide bonds. The Labute approximate surface area is 154 Å². The molecule has 1 saturated heterocycles. The van der Waals surface area contributed by atoms with E-state index < -0.39 is 0 Å². The van der Waals surface area contributed by atoms with Crippen LogP contribution in [0.5, 0.6) is 0 Å². The average molecular weight is 369 g/mol. The number of nitrogens with two attached hydrogens (primary N) is 1. The second-order valence-corrected chi connectivity index (χ2v) is 5.53. The van der Waals surface area contributed by atoms with Crippen LogP contribution in [0.15, 0.2) is 42.6 Å². The molecule has 7 heteroatoms. The average Bonchev–Trinajstić information content (AvgIpc) is 2.56. The maximum Gasteiger partial charge on any atom is 0.256 e. The molecule has 0 radical (unpaired) electrons. The summed E-state index contributed by atoms with van der Waals surface area (Å²) in [5, 5.41) is 2.79. The lowest BCUT2D eigenvalue weighted by molar-refractivity contribution is 0.102. The van der Waals surface area contributed by atoms with Gasteiger partial charge in [-0.05, 0) is 49.6 Å². The van der Waals surface area contributed by atoms with Gasteiger partial charge in [-0.3, -0.25) is 4.79 Å². The maximum atomic E-state index is 12.1. The van der Waals surface area contributed by atoms with E-state index in [9.17, 15) is 4.79 Å². The second kappa shape index (κ2) is 9.35. The van der Waals surface area contributed by atoms with Gasteiger partial charge in [0.05, 0.1) is 11.9 Å². The van der Waals surface area contributed by atoms with Crippen LogP contribution in [0.2, 0.25) is 0 Å². The van der Waals surface area contributed by atoms with Gasteiger partial charge in [0.15, 0.2) is 0 Å².